The third-order valence-electron chi connectivity index (χ3n) is 4.51. The number of ether oxygens (including phenoxy) is 1. The number of hydrogen-bond acceptors (Lipinski definition) is 3. The molecule has 2 aromatic rings. The second kappa shape index (κ2) is 7.09. The van der Waals surface area contributed by atoms with Crippen LogP contribution in [0.15, 0.2) is 48.5 Å². The highest BCUT2D eigenvalue weighted by Gasteiger charge is 2.40. The number of benzene rings is 2. The second-order valence-electron chi connectivity index (χ2n) is 6.08. The summed E-state index contributed by atoms with van der Waals surface area (Å²) in [7, 11) is 1.33. The lowest BCUT2D eigenvalue weighted by Crippen LogP contribution is -2.24. The molecule has 24 heavy (non-hydrogen) atoms. The molecule has 0 N–H and O–H groups in total. The van der Waals surface area contributed by atoms with Crippen LogP contribution in [-0.4, -0.2) is 31.1 Å². The van der Waals surface area contributed by atoms with E-state index < -0.39 is 17.6 Å². The molecule has 2 aromatic carbocycles. The maximum absolute atomic E-state index is 14.2. The summed E-state index contributed by atoms with van der Waals surface area (Å²) in [5, 5.41) is 0. The molecule has 0 saturated carbocycles. The van der Waals surface area contributed by atoms with Gasteiger partial charge in [0.2, 0.25) is 0 Å². The molecule has 3 rings (SSSR count). The molecule has 126 valence electrons. The van der Waals surface area contributed by atoms with Crippen LogP contribution >= 0.6 is 0 Å². The molecule has 1 heterocycles. The van der Waals surface area contributed by atoms with Crippen molar-refractivity contribution in [3.05, 3.63) is 71.3 Å². The van der Waals surface area contributed by atoms with Crippen molar-refractivity contribution in [2.75, 3.05) is 20.2 Å². The topological polar surface area (TPSA) is 29.5 Å². The van der Waals surface area contributed by atoms with Crippen molar-refractivity contribution in [3.63, 3.8) is 0 Å². The molecule has 3 nitrogen and oxygen atoms in total. The average molecular weight is 331 g/mol. The van der Waals surface area contributed by atoms with E-state index in [9.17, 15) is 13.6 Å². The Labute approximate surface area is 139 Å². The molecule has 0 aliphatic carbocycles. The first kappa shape index (κ1) is 16.6. The van der Waals surface area contributed by atoms with Crippen LogP contribution < -0.4 is 0 Å². The maximum Gasteiger partial charge on any atom is 0.310 e. The Morgan fingerprint density at radius 1 is 1.17 bits per heavy atom. The summed E-state index contributed by atoms with van der Waals surface area (Å²) in [4.78, 5) is 14.2. The van der Waals surface area contributed by atoms with Crippen molar-refractivity contribution in [1.82, 2.24) is 4.90 Å². The van der Waals surface area contributed by atoms with Crippen LogP contribution in [0.2, 0.25) is 0 Å². The normalized spacial score (nSPS) is 21.0. The lowest BCUT2D eigenvalue weighted by Gasteiger charge is -2.17. The van der Waals surface area contributed by atoms with Crippen LogP contribution in [0, 0.1) is 17.6 Å². The van der Waals surface area contributed by atoms with Gasteiger partial charge in [0, 0.05) is 31.6 Å². The fourth-order valence-corrected chi connectivity index (χ4v) is 3.36. The Bertz CT molecular complexity index is 721. The van der Waals surface area contributed by atoms with Crippen LogP contribution in [0.4, 0.5) is 8.78 Å². The van der Waals surface area contributed by atoms with Crippen LogP contribution in [-0.2, 0) is 16.1 Å². The molecule has 1 aliphatic rings. The molecule has 2 atom stereocenters. The van der Waals surface area contributed by atoms with E-state index in [0.29, 0.717) is 25.2 Å². The average Bonchev–Trinajstić information content (AvgIpc) is 2.98. The molecule has 1 saturated heterocycles. The van der Waals surface area contributed by atoms with Gasteiger partial charge in [-0.05, 0) is 17.2 Å². The molecule has 1 aliphatic heterocycles. The zero-order valence-corrected chi connectivity index (χ0v) is 13.4. The lowest BCUT2D eigenvalue weighted by molar-refractivity contribution is -0.145. The molecule has 0 amide bonds. The minimum Gasteiger partial charge on any atom is -0.469 e. The molecule has 0 spiro atoms. The van der Waals surface area contributed by atoms with E-state index in [0.717, 1.165) is 11.6 Å². The summed E-state index contributed by atoms with van der Waals surface area (Å²) in [5.74, 6) is -2.40. The smallest absolute Gasteiger partial charge is 0.310 e. The number of halogens is 2. The summed E-state index contributed by atoms with van der Waals surface area (Å²) in [6.07, 6.45) is 0. The summed E-state index contributed by atoms with van der Waals surface area (Å²) >= 11 is 0. The number of carbonyl (C=O) groups excluding carboxylic acids is 1. The molecule has 1 unspecified atom stereocenters. The number of nitrogens with zero attached hydrogens (tertiary/aromatic N) is 1. The second-order valence-corrected chi connectivity index (χ2v) is 6.08. The van der Waals surface area contributed by atoms with E-state index in [4.69, 9.17) is 4.74 Å². The number of hydrogen-bond donors (Lipinski definition) is 0. The highest BCUT2D eigenvalue weighted by atomic mass is 19.1. The van der Waals surface area contributed by atoms with Gasteiger partial charge in [-0.25, -0.2) is 8.78 Å². The fraction of sp³-hybridized carbons (Fsp3) is 0.316. The monoisotopic (exact) mass is 331 g/mol. The van der Waals surface area contributed by atoms with Crippen molar-refractivity contribution in [1.29, 1.82) is 0 Å². The van der Waals surface area contributed by atoms with E-state index in [2.05, 4.69) is 4.90 Å². The SMILES string of the molecule is COC(=O)C1CN(Cc2ccccc2)C[C@H]1c1ccc(F)cc1F. The molecule has 1 fully saturated rings. The van der Waals surface area contributed by atoms with Gasteiger partial charge in [-0.1, -0.05) is 36.4 Å². The summed E-state index contributed by atoms with van der Waals surface area (Å²) in [5.41, 5.74) is 1.49. The van der Waals surface area contributed by atoms with Gasteiger partial charge in [-0.15, -0.1) is 0 Å². The molecule has 0 radical (unpaired) electrons. The first-order valence-electron chi connectivity index (χ1n) is 7.87. The van der Waals surface area contributed by atoms with Crippen molar-refractivity contribution in [2.45, 2.75) is 12.5 Å². The van der Waals surface area contributed by atoms with Crippen LogP contribution in [0.25, 0.3) is 0 Å². The molecular formula is C19H19F2NO2. The fourth-order valence-electron chi connectivity index (χ4n) is 3.36. The van der Waals surface area contributed by atoms with E-state index in [1.165, 1.54) is 19.2 Å². The third-order valence-corrected chi connectivity index (χ3v) is 4.51. The number of rotatable bonds is 4. The van der Waals surface area contributed by atoms with Crippen LogP contribution in [0.3, 0.4) is 0 Å². The highest BCUT2D eigenvalue weighted by molar-refractivity contribution is 5.74. The summed E-state index contributed by atoms with van der Waals surface area (Å²) in [6.45, 7) is 1.69. The molecular weight excluding hydrogens is 312 g/mol. The Balaban J connectivity index is 1.84. The molecule has 0 aromatic heterocycles. The van der Waals surface area contributed by atoms with Crippen molar-refractivity contribution in [3.8, 4) is 0 Å². The minimum atomic E-state index is -0.620. The number of methoxy groups -OCH3 is 1. The Morgan fingerprint density at radius 3 is 2.58 bits per heavy atom. The van der Waals surface area contributed by atoms with Gasteiger partial charge in [-0.3, -0.25) is 9.69 Å². The van der Waals surface area contributed by atoms with Crippen LogP contribution in [0.5, 0.6) is 0 Å². The standard InChI is InChI=1S/C19H19F2NO2/c1-24-19(23)17-12-22(10-13-5-3-2-4-6-13)11-16(17)15-8-7-14(20)9-18(15)21/h2-9,16-17H,10-12H2,1H3/t16-,17?/m0/s1. The first-order valence-corrected chi connectivity index (χ1v) is 7.87. The zero-order chi connectivity index (χ0) is 17.1. The van der Waals surface area contributed by atoms with E-state index in [1.54, 1.807) is 0 Å². The van der Waals surface area contributed by atoms with E-state index in [1.807, 2.05) is 30.3 Å². The first-order chi connectivity index (χ1) is 11.6. The number of likely N-dealkylation sites (tertiary alicyclic amines) is 1. The highest BCUT2D eigenvalue weighted by Crippen LogP contribution is 2.35. The number of esters is 1. The molecule has 5 heteroatoms. The van der Waals surface area contributed by atoms with E-state index in [-0.39, 0.29) is 11.9 Å². The van der Waals surface area contributed by atoms with Gasteiger partial charge in [0.1, 0.15) is 11.6 Å². The van der Waals surface area contributed by atoms with Crippen molar-refractivity contribution in [2.24, 2.45) is 5.92 Å². The van der Waals surface area contributed by atoms with Gasteiger partial charge < -0.3 is 4.74 Å². The van der Waals surface area contributed by atoms with Gasteiger partial charge in [0.15, 0.2) is 0 Å². The van der Waals surface area contributed by atoms with Gasteiger partial charge in [0.05, 0.1) is 13.0 Å². The quantitative estimate of drug-likeness (QED) is 0.805. The van der Waals surface area contributed by atoms with Gasteiger partial charge in [0.25, 0.3) is 0 Å². The Kier molecular flexibility index (Phi) is 4.90. The van der Waals surface area contributed by atoms with Crippen molar-refractivity contribution >= 4 is 5.97 Å². The van der Waals surface area contributed by atoms with Gasteiger partial charge in [-0.2, -0.15) is 0 Å². The van der Waals surface area contributed by atoms with Crippen LogP contribution in [0.1, 0.15) is 17.0 Å². The Morgan fingerprint density at radius 2 is 1.92 bits per heavy atom. The maximum atomic E-state index is 14.2. The number of carbonyl (C=O) groups is 1. The lowest BCUT2D eigenvalue weighted by atomic mass is 9.88. The predicted octanol–water partition coefficient (Wildman–Crippen LogP) is 3.35. The van der Waals surface area contributed by atoms with Gasteiger partial charge >= 0.3 is 5.97 Å². The predicted molar refractivity (Wildman–Crippen MR) is 86.3 cm³/mol. The zero-order valence-electron chi connectivity index (χ0n) is 13.4. The third kappa shape index (κ3) is 3.46. The summed E-state index contributed by atoms with van der Waals surface area (Å²) < 4.78 is 32.3. The van der Waals surface area contributed by atoms with E-state index >= 15 is 0 Å². The largest absolute Gasteiger partial charge is 0.469 e. The Hall–Kier alpha value is -2.27. The summed E-state index contributed by atoms with van der Waals surface area (Å²) in [6, 6.07) is 13.4. The van der Waals surface area contributed by atoms with Crippen molar-refractivity contribution < 1.29 is 18.3 Å². The molecule has 0 bridgehead atoms. The minimum absolute atomic E-state index is 0.346.